The van der Waals surface area contributed by atoms with Crippen LogP contribution in [0.4, 0.5) is 0 Å². The lowest BCUT2D eigenvalue weighted by atomic mass is 9.99. The Kier molecular flexibility index (Phi) is 3.02. The Morgan fingerprint density at radius 1 is 1.50 bits per heavy atom. The van der Waals surface area contributed by atoms with Crippen molar-refractivity contribution in [2.75, 3.05) is 0 Å². The van der Waals surface area contributed by atoms with E-state index in [0.29, 0.717) is 17.8 Å². The standard InChI is InChI=1S/C14H19ClO/c1-9-4-5-10(12(15)6-9)7-13(16)11-8-14(11,2)3/h4-6,11,13,16H,7-8H2,1-3H3. The Morgan fingerprint density at radius 3 is 2.62 bits per heavy atom. The van der Waals surface area contributed by atoms with Gasteiger partial charge in [-0.3, -0.25) is 0 Å². The maximum atomic E-state index is 10.1. The molecule has 0 bridgehead atoms. The highest BCUT2D eigenvalue weighted by molar-refractivity contribution is 6.31. The molecular weight excluding hydrogens is 220 g/mol. The summed E-state index contributed by atoms with van der Waals surface area (Å²) in [5.74, 6) is 0.435. The van der Waals surface area contributed by atoms with Crippen LogP contribution >= 0.6 is 11.6 Å². The minimum Gasteiger partial charge on any atom is -0.392 e. The number of halogens is 1. The molecule has 1 aromatic carbocycles. The first-order valence-electron chi connectivity index (χ1n) is 5.83. The Labute approximate surface area is 102 Å². The Bertz CT molecular complexity index is 398. The highest BCUT2D eigenvalue weighted by Crippen LogP contribution is 2.54. The molecule has 1 fully saturated rings. The van der Waals surface area contributed by atoms with Crippen LogP contribution in [0, 0.1) is 18.3 Å². The van der Waals surface area contributed by atoms with Gasteiger partial charge in [-0.15, -0.1) is 0 Å². The van der Waals surface area contributed by atoms with E-state index in [1.807, 2.05) is 25.1 Å². The highest BCUT2D eigenvalue weighted by atomic mass is 35.5. The number of aliphatic hydroxyl groups excluding tert-OH is 1. The fraction of sp³-hybridized carbons (Fsp3) is 0.571. The predicted octanol–water partition coefficient (Wildman–Crippen LogP) is 3.60. The summed E-state index contributed by atoms with van der Waals surface area (Å²) >= 11 is 6.16. The number of hydrogen-bond donors (Lipinski definition) is 1. The number of hydrogen-bond acceptors (Lipinski definition) is 1. The molecule has 2 unspecified atom stereocenters. The number of aliphatic hydroxyl groups is 1. The largest absolute Gasteiger partial charge is 0.392 e. The molecule has 2 rings (SSSR count). The molecule has 1 aliphatic carbocycles. The van der Waals surface area contributed by atoms with Crippen molar-refractivity contribution in [3.63, 3.8) is 0 Å². The molecule has 0 heterocycles. The molecule has 1 saturated carbocycles. The van der Waals surface area contributed by atoms with E-state index in [1.54, 1.807) is 0 Å². The van der Waals surface area contributed by atoms with Gasteiger partial charge in [0.25, 0.3) is 0 Å². The highest BCUT2D eigenvalue weighted by Gasteiger charge is 2.49. The van der Waals surface area contributed by atoms with Crippen LogP contribution in [0.2, 0.25) is 5.02 Å². The Hall–Kier alpha value is -0.530. The second-order valence-electron chi connectivity index (χ2n) is 5.67. The van der Waals surface area contributed by atoms with Crippen molar-refractivity contribution in [1.29, 1.82) is 0 Å². The van der Waals surface area contributed by atoms with E-state index in [9.17, 15) is 5.11 Å². The molecule has 0 amide bonds. The van der Waals surface area contributed by atoms with Gasteiger partial charge in [-0.05, 0) is 41.9 Å². The second-order valence-corrected chi connectivity index (χ2v) is 6.07. The molecule has 0 aliphatic heterocycles. The van der Waals surface area contributed by atoms with Crippen molar-refractivity contribution >= 4 is 11.6 Å². The molecule has 16 heavy (non-hydrogen) atoms. The van der Waals surface area contributed by atoms with Crippen LogP contribution in [0.3, 0.4) is 0 Å². The van der Waals surface area contributed by atoms with Crippen LogP contribution in [0.5, 0.6) is 0 Å². The van der Waals surface area contributed by atoms with Gasteiger partial charge in [-0.25, -0.2) is 0 Å². The third kappa shape index (κ3) is 2.41. The summed E-state index contributed by atoms with van der Waals surface area (Å²) < 4.78 is 0. The molecule has 1 nitrogen and oxygen atoms in total. The van der Waals surface area contributed by atoms with Crippen LogP contribution < -0.4 is 0 Å². The molecule has 88 valence electrons. The van der Waals surface area contributed by atoms with E-state index < -0.39 is 0 Å². The lowest BCUT2D eigenvalue weighted by Gasteiger charge is -2.13. The normalized spacial score (nSPS) is 24.2. The third-order valence-corrected chi connectivity index (χ3v) is 4.04. The molecule has 2 heteroatoms. The molecule has 2 atom stereocenters. The maximum absolute atomic E-state index is 10.1. The van der Waals surface area contributed by atoms with Gasteiger partial charge in [0.2, 0.25) is 0 Å². The van der Waals surface area contributed by atoms with Gasteiger partial charge in [0.05, 0.1) is 6.10 Å². The minimum absolute atomic E-state index is 0.254. The minimum atomic E-state index is -0.254. The summed E-state index contributed by atoms with van der Waals surface area (Å²) in [7, 11) is 0. The molecule has 0 saturated heterocycles. The average Bonchev–Trinajstić information content (AvgIpc) is 2.80. The van der Waals surface area contributed by atoms with Crippen LogP contribution in [0.25, 0.3) is 0 Å². The molecular formula is C14H19ClO. The van der Waals surface area contributed by atoms with E-state index in [4.69, 9.17) is 11.6 Å². The smallest absolute Gasteiger partial charge is 0.0614 e. The molecule has 0 spiro atoms. The predicted molar refractivity (Wildman–Crippen MR) is 67.8 cm³/mol. The molecule has 0 radical (unpaired) electrons. The fourth-order valence-corrected chi connectivity index (χ4v) is 2.66. The van der Waals surface area contributed by atoms with E-state index in [1.165, 1.54) is 0 Å². The van der Waals surface area contributed by atoms with Crippen molar-refractivity contribution in [3.05, 3.63) is 34.3 Å². The zero-order valence-electron chi connectivity index (χ0n) is 10.1. The first-order chi connectivity index (χ1) is 7.40. The lowest BCUT2D eigenvalue weighted by Crippen LogP contribution is -2.16. The lowest BCUT2D eigenvalue weighted by molar-refractivity contribution is 0.137. The topological polar surface area (TPSA) is 20.2 Å². The molecule has 1 aliphatic rings. The van der Waals surface area contributed by atoms with Crippen molar-refractivity contribution in [2.24, 2.45) is 11.3 Å². The second kappa shape index (κ2) is 4.05. The van der Waals surface area contributed by atoms with Crippen molar-refractivity contribution in [2.45, 2.75) is 39.7 Å². The fourth-order valence-electron chi connectivity index (χ4n) is 2.35. The van der Waals surface area contributed by atoms with Crippen molar-refractivity contribution < 1.29 is 5.11 Å². The monoisotopic (exact) mass is 238 g/mol. The van der Waals surface area contributed by atoms with Gasteiger partial charge in [0, 0.05) is 11.4 Å². The van der Waals surface area contributed by atoms with Gasteiger partial charge >= 0.3 is 0 Å². The third-order valence-electron chi connectivity index (χ3n) is 3.69. The molecule has 0 aromatic heterocycles. The van der Waals surface area contributed by atoms with Gasteiger partial charge in [-0.1, -0.05) is 37.6 Å². The van der Waals surface area contributed by atoms with Crippen molar-refractivity contribution in [3.8, 4) is 0 Å². The number of rotatable bonds is 3. The first-order valence-corrected chi connectivity index (χ1v) is 6.21. The Morgan fingerprint density at radius 2 is 2.12 bits per heavy atom. The van der Waals surface area contributed by atoms with Gasteiger partial charge < -0.3 is 5.11 Å². The van der Waals surface area contributed by atoms with Crippen LogP contribution in [-0.2, 0) is 6.42 Å². The number of benzene rings is 1. The van der Waals surface area contributed by atoms with Gasteiger partial charge in [-0.2, -0.15) is 0 Å². The van der Waals surface area contributed by atoms with E-state index in [-0.39, 0.29) is 6.10 Å². The van der Waals surface area contributed by atoms with Gasteiger partial charge in [0.1, 0.15) is 0 Å². The summed E-state index contributed by atoms with van der Waals surface area (Å²) in [6.07, 6.45) is 1.54. The van der Waals surface area contributed by atoms with Crippen LogP contribution in [-0.4, -0.2) is 11.2 Å². The van der Waals surface area contributed by atoms with Gasteiger partial charge in [0.15, 0.2) is 0 Å². The van der Waals surface area contributed by atoms with E-state index in [0.717, 1.165) is 22.6 Å². The van der Waals surface area contributed by atoms with Crippen LogP contribution in [0.15, 0.2) is 18.2 Å². The average molecular weight is 239 g/mol. The Balaban J connectivity index is 2.04. The zero-order valence-corrected chi connectivity index (χ0v) is 10.9. The summed E-state index contributed by atoms with van der Waals surface area (Å²) in [5.41, 5.74) is 2.54. The number of aryl methyl sites for hydroxylation is 1. The SMILES string of the molecule is Cc1ccc(CC(O)C2CC2(C)C)c(Cl)c1. The van der Waals surface area contributed by atoms with E-state index in [2.05, 4.69) is 13.8 Å². The van der Waals surface area contributed by atoms with Crippen molar-refractivity contribution in [1.82, 2.24) is 0 Å². The molecule has 1 N–H and O–H groups in total. The molecule has 1 aromatic rings. The van der Waals surface area contributed by atoms with Crippen LogP contribution in [0.1, 0.15) is 31.4 Å². The summed E-state index contributed by atoms with van der Waals surface area (Å²) in [6.45, 7) is 6.44. The first kappa shape index (κ1) is 11.9. The zero-order chi connectivity index (χ0) is 11.9. The van der Waals surface area contributed by atoms with E-state index >= 15 is 0 Å². The quantitative estimate of drug-likeness (QED) is 0.853. The maximum Gasteiger partial charge on any atom is 0.0614 e. The summed E-state index contributed by atoms with van der Waals surface area (Å²) in [5, 5.41) is 10.9. The summed E-state index contributed by atoms with van der Waals surface area (Å²) in [4.78, 5) is 0. The summed E-state index contributed by atoms with van der Waals surface area (Å²) in [6, 6.07) is 6.03.